The van der Waals surface area contributed by atoms with Gasteiger partial charge in [0.15, 0.2) is 0 Å². The molecule has 3 nitrogen and oxygen atoms in total. The molecule has 0 saturated carbocycles. The lowest BCUT2D eigenvalue weighted by Gasteiger charge is -2.11. The van der Waals surface area contributed by atoms with E-state index in [0.717, 1.165) is 11.3 Å². The topological polar surface area (TPSA) is 41.6 Å². The molecule has 4 heteroatoms. The number of thioether (sulfide) groups is 1. The normalized spacial score (nSPS) is 22.7. The van der Waals surface area contributed by atoms with Gasteiger partial charge in [-0.1, -0.05) is 6.07 Å². The van der Waals surface area contributed by atoms with Crippen LogP contribution in [0, 0.1) is 11.3 Å². The lowest BCUT2D eigenvalue weighted by atomic mass is 10.2. The van der Waals surface area contributed by atoms with Gasteiger partial charge >= 0.3 is 0 Å². The van der Waals surface area contributed by atoms with Gasteiger partial charge in [-0.05, 0) is 18.2 Å². The zero-order chi connectivity index (χ0) is 11.0. The van der Waals surface area contributed by atoms with Crippen molar-refractivity contribution in [2.75, 3.05) is 0 Å². The highest BCUT2D eigenvalue weighted by Crippen LogP contribution is 2.48. The molecule has 0 N–H and O–H groups in total. The summed E-state index contributed by atoms with van der Waals surface area (Å²) in [6.45, 7) is 0. The molecule has 1 aliphatic heterocycles. The third kappa shape index (κ3) is 1.33. The molecule has 3 heterocycles. The lowest BCUT2D eigenvalue weighted by Crippen LogP contribution is -2.01. The predicted molar refractivity (Wildman–Crippen MR) is 62.8 cm³/mol. The Bertz CT molecular complexity index is 541. The Morgan fingerprint density at radius 1 is 1.38 bits per heavy atom. The fourth-order valence-corrected chi connectivity index (χ4v) is 3.24. The van der Waals surface area contributed by atoms with Gasteiger partial charge < -0.3 is 4.57 Å². The smallest absolute Gasteiger partial charge is 0.134 e. The molecule has 0 aromatic carbocycles. The second-order valence-corrected chi connectivity index (χ2v) is 4.81. The number of fused-ring (bicyclic) bond motifs is 1. The molecule has 16 heavy (non-hydrogen) atoms. The molecular formula is C12H9N3S. The van der Waals surface area contributed by atoms with Crippen molar-refractivity contribution in [2.24, 2.45) is 0 Å². The Morgan fingerprint density at radius 2 is 2.31 bits per heavy atom. The number of hydrogen-bond donors (Lipinski definition) is 0. The molecule has 3 rings (SSSR count). The van der Waals surface area contributed by atoms with E-state index in [1.807, 2.05) is 36.7 Å². The van der Waals surface area contributed by atoms with Gasteiger partial charge in [0.05, 0.1) is 6.07 Å². The van der Waals surface area contributed by atoms with Gasteiger partial charge in [-0.15, -0.1) is 11.8 Å². The Kier molecular flexibility index (Phi) is 2.19. The molecule has 0 radical (unpaired) electrons. The van der Waals surface area contributed by atoms with Crippen LogP contribution in [-0.2, 0) is 0 Å². The highest BCUT2D eigenvalue weighted by molar-refractivity contribution is 8.00. The lowest BCUT2D eigenvalue weighted by molar-refractivity contribution is 0.773. The molecule has 0 amide bonds. The number of nitrogens with zero attached hydrogens (tertiary/aromatic N) is 3. The van der Waals surface area contributed by atoms with Crippen LogP contribution in [0.4, 0.5) is 0 Å². The molecule has 2 atom stereocenters. The summed E-state index contributed by atoms with van der Waals surface area (Å²) in [5, 5.41) is 9.21. The first-order valence-electron chi connectivity index (χ1n) is 5.02. The van der Waals surface area contributed by atoms with E-state index in [1.165, 1.54) is 0 Å². The fourth-order valence-electron chi connectivity index (χ4n) is 1.96. The van der Waals surface area contributed by atoms with E-state index in [4.69, 9.17) is 5.26 Å². The molecule has 2 aromatic rings. The second-order valence-electron chi connectivity index (χ2n) is 3.62. The van der Waals surface area contributed by atoms with Crippen LogP contribution in [0.3, 0.4) is 0 Å². The number of rotatable bonds is 1. The van der Waals surface area contributed by atoms with Crippen LogP contribution in [0.15, 0.2) is 42.9 Å². The van der Waals surface area contributed by atoms with Crippen molar-refractivity contribution in [1.29, 1.82) is 5.26 Å². The van der Waals surface area contributed by atoms with Crippen LogP contribution in [0.1, 0.15) is 21.9 Å². The number of hydrogen-bond acceptors (Lipinski definition) is 3. The average molecular weight is 227 g/mol. The van der Waals surface area contributed by atoms with Crippen molar-refractivity contribution in [3.63, 3.8) is 0 Å². The molecule has 2 aromatic heterocycles. The largest absolute Gasteiger partial charge is 0.333 e. The minimum Gasteiger partial charge on any atom is -0.333 e. The summed E-state index contributed by atoms with van der Waals surface area (Å²) >= 11 is 1.66. The third-order valence-corrected chi connectivity index (χ3v) is 4.06. The number of pyridine rings is 1. The van der Waals surface area contributed by atoms with Crippen molar-refractivity contribution >= 4 is 11.8 Å². The van der Waals surface area contributed by atoms with Crippen LogP contribution in [-0.4, -0.2) is 9.55 Å². The standard InChI is InChI=1S/C12H9N3S/c13-7-11-10-4-2-6-15(10)12(16-11)9-3-1-5-14-8-9/h1-6,8,11-12H. The summed E-state index contributed by atoms with van der Waals surface area (Å²) in [6, 6.07) is 10.3. The van der Waals surface area contributed by atoms with E-state index >= 15 is 0 Å². The Balaban J connectivity index is 2.05. The van der Waals surface area contributed by atoms with Crippen molar-refractivity contribution in [1.82, 2.24) is 9.55 Å². The zero-order valence-electron chi connectivity index (χ0n) is 8.45. The summed E-state index contributed by atoms with van der Waals surface area (Å²) in [5.41, 5.74) is 2.23. The zero-order valence-corrected chi connectivity index (χ0v) is 9.26. The van der Waals surface area contributed by atoms with Gasteiger partial charge in [0, 0.05) is 29.8 Å². The van der Waals surface area contributed by atoms with E-state index in [-0.39, 0.29) is 10.6 Å². The molecule has 0 spiro atoms. The molecule has 1 aliphatic rings. The van der Waals surface area contributed by atoms with E-state index in [0.29, 0.717) is 0 Å². The van der Waals surface area contributed by atoms with Crippen molar-refractivity contribution in [3.05, 3.63) is 54.1 Å². The van der Waals surface area contributed by atoms with Gasteiger partial charge in [0.1, 0.15) is 10.6 Å². The third-order valence-electron chi connectivity index (χ3n) is 2.68. The monoisotopic (exact) mass is 227 g/mol. The molecule has 0 aliphatic carbocycles. The van der Waals surface area contributed by atoms with Crippen LogP contribution in [0.2, 0.25) is 0 Å². The van der Waals surface area contributed by atoms with Crippen LogP contribution in [0.5, 0.6) is 0 Å². The maximum atomic E-state index is 9.10. The van der Waals surface area contributed by atoms with Gasteiger partial charge in [-0.25, -0.2) is 0 Å². The maximum Gasteiger partial charge on any atom is 0.134 e. The summed E-state index contributed by atoms with van der Waals surface area (Å²) < 4.78 is 2.15. The number of aromatic nitrogens is 2. The molecule has 0 fully saturated rings. The van der Waals surface area contributed by atoms with Crippen molar-refractivity contribution in [3.8, 4) is 6.07 Å². The maximum absolute atomic E-state index is 9.10. The van der Waals surface area contributed by atoms with E-state index in [2.05, 4.69) is 15.6 Å². The average Bonchev–Trinajstić information content (AvgIpc) is 2.91. The first-order valence-corrected chi connectivity index (χ1v) is 5.96. The predicted octanol–water partition coefficient (Wildman–Crippen LogP) is 2.74. The molecule has 0 bridgehead atoms. The van der Waals surface area contributed by atoms with Crippen molar-refractivity contribution < 1.29 is 0 Å². The quantitative estimate of drug-likeness (QED) is 0.752. The van der Waals surface area contributed by atoms with E-state index in [1.54, 1.807) is 18.0 Å². The fraction of sp³-hybridized carbons (Fsp3) is 0.167. The molecular weight excluding hydrogens is 218 g/mol. The van der Waals surface area contributed by atoms with Crippen molar-refractivity contribution in [2.45, 2.75) is 10.6 Å². The molecule has 2 unspecified atom stereocenters. The highest BCUT2D eigenvalue weighted by atomic mass is 32.2. The summed E-state index contributed by atoms with van der Waals surface area (Å²) in [7, 11) is 0. The summed E-state index contributed by atoms with van der Waals surface area (Å²) in [6.07, 6.45) is 5.65. The van der Waals surface area contributed by atoms with Gasteiger partial charge in [0.2, 0.25) is 0 Å². The minimum absolute atomic E-state index is 0.0693. The van der Waals surface area contributed by atoms with Gasteiger partial charge in [-0.2, -0.15) is 5.26 Å². The van der Waals surface area contributed by atoms with Gasteiger partial charge in [0.25, 0.3) is 0 Å². The molecule has 78 valence electrons. The Labute approximate surface area is 97.7 Å². The van der Waals surface area contributed by atoms with E-state index in [9.17, 15) is 0 Å². The highest BCUT2D eigenvalue weighted by Gasteiger charge is 2.31. The van der Waals surface area contributed by atoms with E-state index < -0.39 is 0 Å². The van der Waals surface area contributed by atoms with Gasteiger partial charge in [-0.3, -0.25) is 4.98 Å². The second kappa shape index (κ2) is 3.69. The first kappa shape index (κ1) is 9.49. The Morgan fingerprint density at radius 3 is 3.06 bits per heavy atom. The molecule has 0 saturated heterocycles. The first-order chi connectivity index (χ1) is 7.90. The Hall–Kier alpha value is -1.73. The summed E-state index contributed by atoms with van der Waals surface area (Å²) in [5.74, 6) is 0. The van der Waals surface area contributed by atoms with Crippen LogP contribution < -0.4 is 0 Å². The number of nitriles is 1. The SMILES string of the molecule is N#CC1SC(c2cccnc2)n2cccc21. The van der Waals surface area contributed by atoms with Crippen LogP contribution in [0.25, 0.3) is 0 Å². The minimum atomic E-state index is -0.0693. The van der Waals surface area contributed by atoms with Crippen LogP contribution >= 0.6 is 11.8 Å². The summed E-state index contributed by atoms with van der Waals surface area (Å²) in [4.78, 5) is 4.13.